The molecule has 5 heteroatoms. The average molecular weight is 326 g/mol. The van der Waals surface area contributed by atoms with Crippen LogP contribution < -0.4 is 0 Å². The topological polar surface area (TPSA) is 51.0 Å². The third kappa shape index (κ3) is 3.35. The molecule has 1 aliphatic rings. The molecule has 0 saturated carbocycles. The maximum Gasteiger partial charge on any atom is 0.227 e. The van der Waals surface area contributed by atoms with Crippen LogP contribution in [0.1, 0.15) is 54.2 Å². The molecule has 0 aliphatic carbocycles. The number of aromatic nitrogens is 3. The first-order valence-corrected chi connectivity index (χ1v) is 8.76. The van der Waals surface area contributed by atoms with E-state index in [0.29, 0.717) is 6.42 Å². The number of amides is 1. The molecule has 0 aromatic carbocycles. The quantitative estimate of drug-likeness (QED) is 0.871. The highest BCUT2D eigenvalue weighted by molar-refractivity contribution is 5.80. The van der Waals surface area contributed by atoms with Crippen LogP contribution >= 0.6 is 0 Å². The first-order chi connectivity index (χ1) is 11.6. The summed E-state index contributed by atoms with van der Waals surface area (Å²) in [7, 11) is 1.93. The van der Waals surface area contributed by atoms with E-state index in [1.54, 1.807) is 0 Å². The van der Waals surface area contributed by atoms with Gasteiger partial charge in [0.1, 0.15) is 0 Å². The minimum atomic E-state index is 0.167. The lowest BCUT2D eigenvalue weighted by Crippen LogP contribution is -2.36. The molecule has 1 atom stereocenters. The van der Waals surface area contributed by atoms with E-state index in [2.05, 4.69) is 15.0 Å². The predicted molar refractivity (Wildman–Crippen MR) is 93.5 cm³/mol. The lowest BCUT2D eigenvalue weighted by atomic mass is 10.0. The number of pyridine rings is 1. The van der Waals surface area contributed by atoms with Crippen molar-refractivity contribution < 1.29 is 4.79 Å². The fourth-order valence-corrected chi connectivity index (χ4v) is 3.67. The van der Waals surface area contributed by atoms with Crippen LogP contribution in [-0.2, 0) is 18.3 Å². The van der Waals surface area contributed by atoms with Gasteiger partial charge < -0.3 is 4.90 Å². The van der Waals surface area contributed by atoms with E-state index in [-0.39, 0.29) is 11.9 Å². The molecule has 128 valence electrons. The predicted octanol–water partition coefficient (Wildman–Crippen LogP) is 3.12. The summed E-state index contributed by atoms with van der Waals surface area (Å²) < 4.78 is 1.86. The number of hydrogen-bond acceptors (Lipinski definition) is 3. The van der Waals surface area contributed by atoms with Crippen LogP contribution in [-0.4, -0.2) is 32.1 Å². The summed E-state index contributed by atoms with van der Waals surface area (Å²) in [5, 5.41) is 4.44. The first kappa shape index (κ1) is 16.7. The molecular weight excluding hydrogens is 300 g/mol. The van der Waals surface area contributed by atoms with Crippen molar-refractivity contribution in [2.75, 3.05) is 6.54 Å². The number of likely N-dealkylation sites (tertiary alicyclic amines) is 1. The van der Waals surface area contributed by atoms with Gasteiger partial charge in [-0.3, -0.25) is 14.5 Å². The first-order valence-electron chi connectivity index (χ1n) is 8.76. The molecular formula is C19H26N4O. The zero-order valence-corrected chi connectivity index (χ0v) is 14.8. The van der Waals surface area contributed by atoms with Gasteiger partial charge in [0.05, 0.1) is 18.2 Å². The molecule has 0 bridgehead atoms. The van der Waals surface area contributed by atoms with Crippen LogP contribution in [0.2, 0.25) is 0 Å². The smallest absolute Gasteiger partial charge is 0.227 e. The van der Waals surface area contributed by atoms with Crippen molar-refractivity contribution in [3.63, 3.8) is 0 Å². The summed E-state index contributed by atoms with van der Waals surface area (Å²) in [6.07, 6.45) is 8.54. The van der Waals surface area contributed by atoms with E-state index in [1.165, 1.54) is 18.4 Å². The Morgan fingerprint density at radius 3 is 2.62 bits per heavy atom. The van der Waals surface area contributed by atoms with Gasteiger partial charge in [0.2, 0.25) is 5.91 Å². The summed E-state index contributed by atoms with van der Waals surface area (Å²) >= 11 is 0. The Morgan fingerprint density at radius 1 is 1.21 bits per heavy atom. The molecule has 0 spiro atoms. The fraction of sp³-hybridized carbons (Fsp3) is 0.526. The minimum absolute atomic E-state index is 0.167. The lowest BCUT2D eigenvalue weighted by Gasteiger charge is -2.30. The molecule has 0 radical (unpaired) electrons. The fourth-order valence-electron chi connectivity index (χ4n) is 3.67. The molecule has 1 fully saturated rings. The van der Waals surface area contributed by atoms with Crippen molar-refractivity contribution in [1.29, 1.82) is 0 Å². The Morgan fingerprint density at radius 2 is 1.96 bits per heavy atom. The molecule has 2 aromatic rings. The normalized spacial score (nSPS) is 18.5. The maximum absolute atomic E-state index is 13.1. The summed E-state index contributed by atoms with van der Waals surface area (Å²) in [6.45, 7) is 4.86. The van der Waals surface area contributed by atoms with Crippen LogP contribution in [0.5, 0.6) is 0 Å². The Bertz CT molecular complexity index is 708. The van der Waals surface area contributed by atoms with Gasteiger partial charge in [0, 0.05) is 37.2 Å². The molecule has 3 heterocycles. The monoisotopic (exact) mass is 326 g/mol. The standard InChI is InChI=1S/C19H26N4O/c1-14-17(15(2)22(3)21-14)13-19(24)23-12-6-4-5-7-18(23)16-8-10-20-11-9-16/h8-11,18H,4-7,12-13H2,1-3H3/t18-/m1/s1. The van der Waals surface area contributed by atoms with Crippen molar-refractivity contribution in [3.8, 4) is 0 Å². The highest BCUT2D eigenvalue weighted by Crippen LogP contribution is 2.30. The number of carbonyl (C=O) groups is 1. The Hall–Kier alpha value is -2.17. The van der Waals surface area contributed by atoms with Gasteiger partial charge in [-0.2, -0.15) is 5.10 Å². The molecule has 3 rings (SSSR count). The van der Waals surface area contributed by atoms with Gasteiger partial charge in [-0.15, -0.1) is 0 Å². The van der Waals surface area contributed by atoms with Gasteiger partial charge in [0.25, 0.3) is 0 Å². The summed E-state index contributed by atoms with van der Waals surface area (Å²) in [4.78, 5) is 19.3. The Kier molecular flexibility index (Phi) is 4.97. The van der Waals surface area contributed by atoms with Gasteiger partial charge in [0.15, 0.2) is 0 Å². The highest BCUT2D eigenvalue weighted by atomic mass is 16.2. The maximum atomic E-state index is 13.1. The average Bonchev–Trinajstić information content (AvgIpc) is 2.78. The van der Waals surface area contributed by atoms with Crippen molar-refractivity contribution in [2.45, 2.75) is 52.0 Å². The molecule has 5 nitrogen and oxygen atoms in total. The molecule has 1 amide bonds. The van der Waals surface area contributed by atoms with Crippen LogP contribution in [0.25, 0.3) is 0 Å². The zero-order valence-electron chi connectivity index (χ0n) is 14.8. The number of rotatable bonds is 3. The van der Waals surface area contributed by atoms with Crippen molar-refractivity contribution in [3.05, 3.63) is 47.0 Å². The molecule has 2 aromatic heterocycles. The SMILES string of the molecule is Cc1nn(C)c(C)c1CC(=O)N1CCCCC[C@@H]1c1ccncc1. The Balaban J connectivity index is 1.85. The van der Waals surface area contributed by atoms with Crippen LogP contribution in [0.15, 0.2) is 24.5 Å². The van der Waals surface area contributed by atoms with E-state index in [1.807, 2.05) is 50.1 Å². The van der Waals surface area contributed by atoms with E-state index in [9.17, 15) is 4.79 Å². The van der Waals surface area contributed by atoms with Gasteiger partial charge in [-0.05, 0) is 44.4 Å². The van der Waals surface area contributed by atoms with Gasteiger partial charge in [-0.25, -0.2) is 0 Å². The van der Waals surface area contributed by atoms with E-state index in [0.717, 1.165) is 36.3 Å². The lowest BCUT2D eigenvalue weighted by molar-refractivity contribution is -0.132. The van der Waals surface area contributed by atoms with Crippen molar-refractivity contribution >= 4 is 5.91 Å². The molecule has 24 heavy (non-hydrogen) atoms. The van der Waals surface area contributed by atoms with Crippen molar-refractivity contribution in [2.24, 2.45) is 7.05 Å². The second-order valence-electron chi connectivity index (χ2n) is 6.68. The van der Waals surface area contributed by atoms with Crippen LogP contribution in [0, 0.1) is 13.8 Å². The largest absolute Gasteiger partial charge is 0.335 e. The molecule has 1 saturated heterocycles. The van der Waals surface area contributed by atoms with E-state index in [4.69, 9.17) is 0 Å². The number of aryl methyl sites for hydroxylation is 2. The van der Waals surface area contributed by atoms with Gasteiger partial charge >= 0.3 is 0 Å². The van der Waals surface area contributed by atoms with Crippen LogP contribution in [0.4, 0.5) is 0 Å². The van der Waals surface area contributed by atoms with Crippen molar-refractivity contribution in [1.82, 2.24) is 19.7 Å². The number of nitrogens with zero attached hydrogens (tertiary/aromatic N) is 4. The summed E-state index contributed by atoms with van der Waals surface area (Å²) in [6, 6.07) is 4.24. The van der Waals surface area contributed by atoms with E-state index < -0.39 is 0 Å². The second-order valence-corrected chi connectivity index (χ2v) is 6.68. The second kappa shape index (κ2) is 7.16. The third-order valence-electron chi connectivity index (χ3n) is 5.15. The number of hydrogen-bond donors (Lipinski definition) is 0. The third-order valence-corrected chi connectivity index (χ3v) is 5.15. The van der Waals surface area contributed by atoms with Crippen LogP contribution in [0.3, 0.4) is 0 Å². The minimum Gasteiger partial charge on any atom is -0.335 e. The molecule has 0 unspecified atom stereocenters. The summed E-state index contributed by atoms with van der Waals surface area (Å²) in [5.74, 6) is 0.206. The molecule has 0 N–H and O–H groups in total. The highest BCUT2D eigenvalue weighted by Gasteiger charge is 2.27. The van der Waals surface area contributed by atoms with Gasteiger partial charge in [-0.1, -0.05) is 12.8 Å². The Labute approximate surface area is 143 Å². The van der Waals surface area contributed by atoms with E-state index >= 15 is 0 Å². The molecule has 1 aliphatic heterocycles. The zero-order chi connectivity index (χ0) is 17.1. The number of carbonyl (C=O) groups excluding carboxylic acids is 1. The summed E-state index contributed by atoms with van der Waals surface area (Å²) in [5.41, 5.74) is 4.30.